The van der Waals surface area contributed by atoms with Gasteiger partial charge in [-0.1, -0.05) is 0 Å². The van der Waals surface area contributed by atoms with Crippen molar-refractivity contribution < 1.29 is 18.9 Å². The van der Waals surface area contributed by atoms with Crippen LogP contribution in [0.25, 0.3) is 0 Å². The fraction of sp³-hybridized carbons (Fsp3) is 0.909. The van der Waals surface area contributed by atoms with E-state index >= 15 is 0 Å². The largest absolute Gasteiger partial charge is 0.348 e. The normalized spacial score (nSPS) is 40.8. The molecule has 3 atom stereocenters. The molecule has 16 heavy (non-hydrogen) atoms. The van der Waals surface area contributed by atoms with Gasteiger partial charge in [-0.25, -0.2) is 0 Å². The second-order valence-corrected chi connectivity index (χ2v) is 5.02. The summed E-state index contributed by atoms with van der Waals surface area (Å²) in [6.07, 6.45) is -1.24. The van der Waals surface area contributed by atoms with Crippen molar-refractivity contribution >= 4 is 0 Å². The lowest BCUT2D eigenvalue weighted by molar-refractivity contribution is -0.174. The smallest absolute Gasteiger partial charge is 0.176 e. The van der Waals surface area contributed by atoms with Crippen LogP contribution < -0.4 is 0 Å². The molecule has 2 aliphatic rings. The third kappa shape index (κ3) is 2.20. The van der Waals surface area contributed by atoms with Crippen molar-refractivity contribution in [2.24, 2.45) is 0 Å². The molecular formula is C11H17NO4. The first-order valence-corrected chi connectivity index (χ1v) is 5.40. The Kier molecular flexibility index (Phi) is 2.71. The van der Waals surface area contributed by atoms with E-state index in [9.17, 15) is 0 Å². The predicted molar refractivity (Wildman–Crippen MR) is 54.3 cm³/mol. The minimum absolute atomic E-state index is 0.249. The molecule has 2 rings (SSSR count). The van der Waals surface area contributed by atoms with E-state index in [4.69, 9.17) is 24.2 Å². The molecule has 0 aliphatic carbocycles. The summed E-state index contributed by atoms with van der Waals surface area (Å²) < 4.78 is 22.3. The fourth-order valence-corrected chi connectivity index (χ4v) is 2.04. The highest BCUT2D eigenvalue weighted by molar-refractivity contribution is 5.01. The van der Waals surface area contributed by atoms with Gasteiger partial charge in [-0.3, -0.25) is 0 Å². The molecule has 0 aromatic carbocycles. The molecular weight excluding hydrogens is 210 g/mol. The molecule has 0 radical (unpaired) electrons. The van der Waals surface area contributed by atoms with Gasteiger partial charge in [-0.15, -0.1) is 0 Å². The third-order valence-corrected chi connectivity index (χ3v) is 2.65. The van der Waals surface area contributed by atoms with Gasteiger partial charge in [-0.2, -0.15) is 5.26 Å². The molecule has 0 spiro atoms. The Labute approximate surface area is 95.2 Å². The Hall–Kier alpha value is -0.670. The summed E-state index contributed by atoms with van der Waals surface area (Å²) in [6, 6.07) is 2.09. The topological polar surface area (TPSA) is 60.7 Å². The maximum Gasteiger partial charge on any atom is 0.176 e. The van der Waals surface area contributed by atoms with Crippen molar-refractivity contribution in [3.63, 3.8) is 0 Å². The van der Waals surface area contributed by atoms with E-state index in [-0.39, 0.29) is 12.2 Å². The number of rotatable bonds is 1. The average Bonchev–Trinajstić information content (AvgIpc) is 2.65. The van der Waals surface area contributed by atoms with Gasteiger partial charge in [0.25, 0.3) is 0 Å². The van der Waals surface area contributed by atoms with Crippen LogP contribution in [0, 0.1) is 11.3 Å². The van der Waals surface area contributed by atoms with Gasteiger partial charge in [0.1, 0.15) is 12.2 Å². The minimum Gasteiger partial charge on any atom is -0.348 e. The van der Waals surface area contributed by atoms with Crippen molar-refractivity contribution in [3.05, 3.63) is 0 Å². The lowest BCUT2D eigenvalue weighted by Crippen LogP contribution is -2.37. The standard InChI is InChI=1S/C11H17NO4/c1-10(2)13-6-8(15-10)9-7(5-12)14-11(3,4)16-9/h7-9H,6H2,1-4H3/t7-,8+,9-/m0/s1. The van der Waals surface area contributed by atoms with Crippen LogP contribution in [0.2, 0.25) is 0 Å². The summed E-state index contributed by atoms with van der Waals surface area (Å²) in [4.78, 5) is 0. The van der Waals surface area contributed by atoms with E-state index in [0.29, 0.717) is 6.61 Å². The molecule has 90 valence electrons. The average molecular weight is 227 g/mol. The molecule has 5 heteroatoms. The maximum absolute atomic E-state index is 9.01. The first kappa shape index (κ1) is 11.8. The van der Waals surface area contributed by atoms with Crippen molar-refractivity contribution in [2.45, 2.75) is 57.6 Å². The summed E-state index contributed by atoms with van der Waals surface area (Å²) in [5.41, 5.74) is 0. The molecule has 2 fully saturated rings. The van der Waals surface area contributed by atoms with Crippen LogP contribution >= 0.6 is 0 Å². The minimum atomic E-state index is -0.735. The molecule has 0 saturated carbocycles. The van der Waals surface area contributed by atoms with E-state index in [1.165, 1.54) is 0 Å². The molecule has 5 nitrogen and oxygen atoms in total. The highest BCUT2D eigenvalue weighted by Gasteiger charge is 2.49. The van der Waals surface area contributed by atoms with Gasteiger partial charge in [0, 0.05) is 0 Å². The van der Waals surface area contributed by atoms with Gasteiger partial charge in [0.05, 0.1) is 12.7 Å². The Balaban J connectivity index is 2.08. The quantitative estimate of drug-likeness (QED) is 0.673. The summed E-state index contributed by atoms with van der Waals surface area (Å²) in [7, 11) is 0. The van der Waals surface area contributed by atoms with Gasteiger partial charge < -0.3 is 18.9 Å². The Morgan fingerprint density at radius 2 is 1.75 bits per heavy atom. The predicted octanol–water partition coefficient (Wildman–Crippen LogP) is 1.18. The van der Waals surface area contributed by atoms with Crippen molar-refractivity contribution in [2.75, 3.05) is 6.61 Å². The van der Waals surface area contributed by atoms with E-state index in [1.54, 1.807) is 13.8 Å². The highest BCUT2D eigenvalue weighted by atomic mass is 16.8. The third-order valence-electron chi connectivity index (χ3n) is 2.65. The number of ether oxygens (including phenoxy) is 4. The van der Waals surface area contributed by atoms with Crippen LogP contribution in [0.5, 0.6) is 0 Å². The molecule has 0 aromatic heterocycles. The lowest BCUT2D eigenvalue weighted by Gasteiger charge is -2.22. The summed E-state index contributed by atoms with van der Waals surface area (Å²) in [5.74, 6) is -1.35. The van der Waals surface area contributed by atoms with E-state index in [0.717, 1.165) is 0 Å². The number of hydrogen-bond acceptors (Lipinski definition) is 5. The van der Waals surface area contributed by atoms with Gasteiger partial charge >= 0.3 is 0 Å². The monoisotopic (exact) mass is 227 g/mol. The van der Waals surface area contributed by atoms with Crippen molar-refractivity contribution in [1.82, 2.24) is 0 Å². The van der Waals surface area contributed by atoms with E-state index in [2.05, 4.69) is 6.07 Å². The first-order valence-electron chi connectivity index (χ1n) is 5.40. The van der Waals surface area contributed by atoms with Crippen molar-refractivity contribution in [3.8, 4) is 6.07 Å². The molecule has 0 unspecified atom stereocenters. The van der Waals surface area contributed by atoms with Crippen LogP contribution in [-0.4, -0.2) is 36.5 Å². The Bertz CT molecular complexity index is 320. The number of nitriles is 1. The van der Waals surface area contributed by atoms with Gasteiger partial charge in [0.2, 0.25) is 0 Å². The maximum atomic E-state index is 9.01. The zero-order chi connectivity index (χ0) is 12.0. The SMILES string of the molecule is CC1(C)O[C@H]([C@H]2COC(C)(C)O2)[C@H](C#N)O1. The van der Waals surface area contributed by atoms with Crippen LogP contribution in [0.4, 0.5) is 0 Å². The van der Waals surface area contributed by atoms with E-state index < -0.39 is 17.7 Å². The van der Waals surface area contributed by atoms with Crippen molar-refractivity contribution in [1.29, 1.82) is 5.26 Å². The summed E-state index contributed by atoms with van der Waals surface area (Å²) in [5, 5.41) is 9.01. The van der Waals surface area contributed by atoms with Crippen LogP contribution in [0.3, 0.4) is 0 Å². The van der Waals surface area contributed by atoms with Crippen LogP contribution in [0.1, 0.15) is 27.7 Å². The Morgan fingerprint density at radius 1 is 1.06 bits per heavy atom. The molecule has 2 saturated heterocycles. The second kappa shape index (κ2) is 3.67. The Morgan fingerprint density at radius 3 is 2.25 bits per heavy atom. The first-order chi connectivity index (χ1) is 7.33. The van der Waals surface area contributed by atoms with Crippen LogP contribution in [-0.2, 0) is 18.9 Å². The fourth-order valence-electron chi connectivity index (χ4n) is 2.04. The molecule has 0 amide bonds. The molecule has 0 aromatic rings. The summed E-state index contributed by atoms with van der Waals surface area (Å²) >= 11 is 0. The number of nitrogens with zero attached hydrogens (tertiary/aromatic N) is 1. The number of hydrogen-bond donors (Lipinski definition) is 0. The van der Waals surface area contributed by atoms with Gasteiger partial charge in [0.15, 0.2) is 17.7 Å². The zero-order valence-corrected chi connectivity index (χ0v) is 10.0. The summed E-state index contributed by atoms with van der Waals surface area (Å²) in [6.45, 7) is 7.69. The highest BCUT2D eigenvalue weighted by Crippen LogP contribution is 2.35. The molecule has 2 heterocycles. The molecule has 2 aliphatic heterocycles. The lowest BCUT2D eigenvalue weighted by atomic mass is 10.1. The zero-order valence-electron chi connectivity index (χ0n) is 10.0. The van der Waals surface area contributed by atoms with Crippen LogP contribution in [0.15, 0.2) is 0 Å². The van der Waals surface area contributed by atoms with E-state index in [1.807, 2.05) is 13.8 Å². The molecule has 0 bridgehead atoms. The van der Waals surface area contributed by atoms with Gasteiger partial charge in [-0.05, 0) is 27.7 Å². The second-order valence-electron chi connectivity index (χ2n) is 5.02. The molecule has 0 N–H and O–H groups in total.